The van der Waals surface area contributed by atoms with E-state index >= 15 is 0 Å². The van der Waals surface area contributed by atoms with Crippen LogP contribution in [0, 0.1) is 25.2 Å². The minimum Gasteiger partial charge on any atom is -0.383 e. The highest BCUT2D eigenvalue weighted by Gasteiger charge is 2.16. The monoisotopic (exact) mass is 451 g/mol. The van der Waals surface area contributed by atoms with Crippen LogP contribution in [0.4, 0.5) is 10.5 Å². The van der Waals surface area contributed by atoms with E-state index < -0.39 is 5.91 Å². The number of nitriles is 1. The summed E-state index contributed by atoms with van der Waals surface area (Å²) in [5, 5.41) is 17.8. The first-order valence-electron chi connectivity index (χ1n) is 10.9. The largest absolute Gasteiger partial charge is 0.383 e. The molecule has 0 spiro atoms. The summed E-state index contributed by atoms with van der Waals surface area (Å²) in [6.45, 7) is 10.6. The maximum absolute atomic E-state index is 12.6. The van der Waals surface area contributed by atoms with E-state index in [4.69, 9.17) is 4.74 Å². The molecule has 1 unspecified atom stereocenters. The van der Waals surface area contributed by atoms with E-state index in [2.05, 4.69) is 27.4 Å². The van der Waals surface area contributed by atoms with Crippen LogP contribution in [-0.2, 0) is 16.1 Å². The average molecular weight is 452 g/mol. The summed E-state index contributed by atoms with van der Waals surface area (Å²) >= 11 is 0. The zero-order valence-corrected chi connectivity index (χ0v) is 20.2. The summed E-state index contributed by atoms with van der Waals surface area (Å²) in [4.78, 5) is 24.4. The molecule has 0 aliphatic carbocycles. The van der Waals surface area contributed by atoms with Crippen molar-refractivity contribution < 1.29 is 14.3 Å². The molecular weight excluding hydrogens is 418 g/mol. The summed E-state index contributed by atoms with van der Waals surface area (Å²) < 4.78 is 7.39. The van der Waals surface area contributed by atoms with Crippen molar-refractivity contribution in [2.75, 3.05) is 19.0 Å². The number of carbonyl (C=O) groups is 2. The molecule has 0 saturated heterocycles. The smallest absolute Gasteiger partial charge is 0.319 e. The van der Waals surface area contributed by atoms with Crippen LogP contribution in [0.2, 0.25) is 0 Å². The van der Waals surface area contributed by atoms with Crippen LogP contribution in [0.25, 0.3) is 6.08 Å². The normalized spacial score (nSPS) is 12.2. The highest BCUT2D eigenvalue weighted by molar-refractivity contribution is 6.01. The number of anilines is 1. The number of carbonyl (C=O) groups excluding carboxylic acids is 2. The molecule has 0 bridgehead atoms. The number of rotatable bonds is 9. The lowest BCUT2D eigenvalue weighted by Crippen LogP contribution is -2.34. The predicted molar refractivity (Wildman–Crippen MR) is 130 cm³/mol. The third-order valence-corrected chi connectivity index (χ3v) is 5.12. The van der Waals surface area contributed by atoms with E-state index in [0.29, 0.717) is 12.3 Å². The van der Waals surface area contributed by atoms with Crippen LogP contribution in [0.3, 0.4) is 0 Å². The first-order chi connectivity index (χ1) is 15.7. The standard InChI is InChI=1S/C25H33N5O3/c1-16(2)28-25(32)29-23-9-7-20(8-10-23)14-27-24(31)22(13-26)12-21-11-17(3)30(19(21)5)18(4)15-33-6/h7-12,16,18H,14-15H2,1-6H3,(H,27,31)(H2,28,29,32). The molecule has 8 nitrogen and oxygen atoms in total. The Morgan fingerprint density at radius 2 is 1.85 bits per heavy atom. The van der Waals surface area contributed by atoms with Gasteiger partial charge in [0.1, 0.15) is 11.6 Å². The van der Waals surface area contributed by atoms with Gasteiger partial charge in [-0.3, -0.25) is 4.79 Å². The van der Waals surface area contributed by atoms with Gasteiger partial charge in [-0.1, -0.05) is 12.1 Å². The van der Waals surface area contributed by atoms with Gasteiger partial charge < -0.3 is 25.3 Å². The Balaban J connectivity index is 2.04. The lowest BCUT2D eigenvalue weighted by Gasteiger charge is -2.17. The van der Waals surface area contributed by atoms with Gasteiger partial charge in [-0.2, -0.15) is 5.26 Å². The van der Waals surface area contributed by atoms with Crippen molar-refractivity contribution in [1.29, 1.82) is 5.26 Å². The summed E-state index contributed by atoms with van der Waals surface area (Å²) in [5.41, 5.74) is 4.38. The fourth-order valence-electron chi connectivity index (χ4n) is 3.66. The molecule has 3 N–H and O–H groups in total. The second-order valence-electron chi connectivity index (χ2n) is 8.30. The predicted octanol–water partition coefficient (Wildman–Crippen LogP) is 4.07. The Morgan fingerprint density at radius 3 is 2.42 bits per heavy atom. The van der Waals surface area contributed by atoms with Crippen LogP contribution in [-0.4, -0.2) is 36.3 Å². The lowest BCUT2D eigenvalue weighted by molar-refractivity contribution is -0.117. The fourth-order valence-corrected chi connectivity index (χ4v) is 3.66. The van der Waals surface area contributed by atoms with Crippen LogP contribution in [0.1, 0.15) is 49.3 Å². The Bertz CT molecular complexity index is 1050. The Kier molecular flexibility index (Phi) is 9.25. The molecule has 33 heavy (non-hydrogen) atoms. The third-order valence-electron chi connectivity index (χ3n) is 5.12. The van der Waals surface area contributed by atoms with Crippen molar-refractivity contribution in [2.24, 2.45) is 0 Å². The molecule has 2 aromatic rings. The summed E-state index contributed by atoms with van der Waals surface area (Å²) in [7, 11) is 1.66. The number of aryl methyl sites for hydroxylation is 1. The summed E-state index contributed by atoms with van der Waals surface area (Å²) in [5.74, 6) is -0.439. The van der Waals surface area contributed by atoms with Crippen molar-refractivity contribution in [2.45, 2.75) is 53.2 Å². The van der Waals surface area contributed by atoms with Crippen molar-refractivity contribution >= 4 is 23.7 Å². The van der Waals surface area contributed by atoms with E-state index in [-0.39, 0.29) is 30.2 Å². The second-order valence-corrected chi connectivity index (χ2v) is 8.30. The number of urea groups is 1. The lowest BCUT2D eigenvalue weighted by atomic mass is 10.1. The highest BCUT2D eigenvalue weighted by Crippen LogP contribution is 2.23. The molecule has 1 aromatic carbocycles. The zero-order valence-electron chi connectivity index (χ0n) is 20.2. The van der Waals surface area contributed by atoms with E-state index in [1.54, 1.807) is 25.3 Å². The fraction of sp³-hybridized carbons (Fsp3) is 0.400. The molecular formula is C25H33N5O3. The maximum atomic E-state index is 12.6. The van der Waals surface area contributed by atoms with Gasteiger partial charge in [0.2, 0.25) is 0 Å². The van der Waals surface area contributed by atoms with Gasteiger partial charge in [-0.15, -0.1) is 0 Å². The number of aromatic nitrogens is 1. The Hall–Kier alpha value is -3.57. The van der Waals surface area contributed by atoms with Gasteiger partial charge in [0, 0.05) is 36.8 Å². The first-order valence-corrected chi connectivity index (χ1v) is 10.9. The summed E-state index contributed by atoms with van der Waals surface area (Å²) in [6.07, 6.45) is 1.62. The minimum absolute atomic E-state index is 0.0401. The van der Waals surface area contributed by atoms with E-state index in [0.717, 1.165) is 22.5 Å². The molecule has 3 amide bonds. The number of methoxy groups -OCH3 is 1. The number of hydrogen-bond acceptors (Lipinski definition) is 4. The Morgan fingerprint density at radius 1 is 1.18 bits per heavy atom. The number of nitrogens with zero attached hydrogens (tertiary/aromatic N) is 2. The zero-order chi connectivity index (χ0) is 24.5. The van der Waals surface area contributed by atoms with E-state index in [1.807, 2.05) is 52.0 Å². The topological polar surface area (TPSA) is 108 Å². The highest BCUT2D eigenvalue weighted by atomic mass is 16.5. The molecule has 0 aliphatic rings. The van der Waals surface area contributed by atoms with Gasteiger partial charge in [0.15, 0.2) is 0 Å². The number of nitrogens with one attached hydrogen (secondary N) is 3. The molecule has 0 radical (unpaired) electrons. The Labute approximate surface area is 195 Å². The third kappa shape index (κ3) is 7.22. The van der Waals surface area contributed by atoms with Crippen LogP contribution < -0.4 is 16.0 Å². The second kappa shape index (κ2) is 11.9. The molecule has 0 fully saturated rings. The molecule has 2 rings (SSSR count). The van der Waals surface area contributed by atoms with Gasteiger partial charge >= 0.3 is 6.03 Å². The van der Waals surface area contributed by atoms with Gasteiger partial charge in [0.25, 0.3) is 5.91 Å². The van der Waals surface area contributed by atoms with Crippen molar-refractivity contribution in [3.63, 3.8) is 0 Å². The quantitative estimate of drug-likeness (QED) is 0.394. The summed E-state index contributed by atoms with van der Waals surface area (Å²) in [6, 6.07) is 11.0. The van der Waals surface area contributed by atoms with Gasteiger partial charge in [-0.05, 0) is 70.0 Å². The van der Waals surface area contributed by atoms with Crippen molar-refractivity contribution in [3.05, 3.63) is 58.4 Å². The molecule has 0 aliphatic heterocycles. The number of ether oxygens (including phenoxy) is 1. The van der Waals surface area contributed by atoms with Gasteiger partial charge in [-0.25, -0.2) is 4.79 Å². The van der Waals surface area contributed by atoms with E-state index in [1.165, 1.54) is 0 Å². The molecule has 176 valence electrons. The first kappa shape index (κ1) is 25.7. The molecule has 1 heterocycles. The maximum Gasteiger partial charge on any atom is 0.319 e. The molecule has 8 heteroatoms. The number of hydrogen-bond donors (Lipinski definition) is 3. The van der Waals surface area contributed by atoms with Crippen LogP contribution in [0.5, 0.6) is 0 Å². The molecule has 0 saturated carbocycles. The number of amides is 3. The van der Waals surface area contributed by atoms with Crippen LogP contribution in [0.15, 0.2) is 35.9 Å². The van der Waals surface area contributed by atoms with E-state index in [9.17, 15) is 14.9 Å². The van der Waals surface area contributed by atoms with Crippen LogP contribution >= 0.6 is 0 Å². The van der Waals surface area contributed by atoms with Crippen molar-refractivity contribution in [1.82, 2.24) is 15.2 Å². The van der Waals surface area contributed by atoms with Crippen molar-refractivity contribution in [3.8, 4) is 6.07 Å². The minimum atomic E-state index is -0.439. The van der Waals surface area contributed by atoms with Gasteiger partial charge in [0.05, 0.1) is 12.6 Å². The number of benzene rings is 1. The average Bonchev–Trinajstić information content (AvgIpc) is 3.03. The molecule has 1 atom stereocenters. The SMILES string of the molecule is COCC(C)n1c(C)cc(C=C(C#N)C(=O)NCc2ccc(NC(=O)NC(C)C)cc2)c1C. The molecule has 1 aromatic heterocycles.